The molecule has 0 amide bonds. The minimum atomic E-state index is -0.567. The van der Waals surface area contributed by atoms with E-state index in [1.165, 1.54) is 29.2 Å². The minimum absolute atomic E-state index is 0.00439. The Morgan fingerprint density at radius 1 is 1.26 bits per heavy atom. The summed E-state index contributed by atoms with van der Waals surface area (Å²) in [5, 5.41) is 7.19. The van der Waals surface area contributed by atoms with Gasteiger partial charge in [-0.2, -0.15) is 5.10 Å². The molecule has 0 fully saturated rings. The summed E-state index contributed by atoms with van der Waals surface area (Å²) in [5.74, 6) is -0.470. The third kappa shape index (κ3) is 3.35. The van der Waals surface area contributed by atoms with Gasteiger partial charge in [-0.25, -0.2) is 18.4 Å². The molecule has 0 saturated carbocycles. The Morgan fingerprint density at radius 3 is 2.68 bits per heavy atom. The molecule has 0 saturated heterocycles. The Morgan fingerprint density at radius 2 is 2.00 bits per heavy atom. The van der Waals surface area contributed by atoms with Crippen LogP contribution in [0.5, 0.6) is 0 Å². The van der Waals surface area contributed by atoms with Crippen molar-refractivity contribution in [2.75, 3.05) is 6.54 Å². The van der Waals surface area contributed by atoms with Crippen LogP contribution in [0, 0.1) is 11.6 Å². The van der Waals surface area contributed by atoms with Gasteiger partial charge in [0, 0.05) is 5.56 Å². The summed E-state index contributed by atoms with van der Waals surface area (Å²) >= 11 is 0. The van der Waals surface area contributed by atoms with Crippen molar-refractivity contribution in [3.63, 3.8) is 0 Å². The van der Waals surface area contributed by atoms with Crippen molar-refractivity contribution in [3.8, 4) is 0 Å². The molecular weight excluding hydrogens is 250 g/mol. The fourth-order valence-corrected chi connectivity index (χ4v) is 1.77. The lowest BCUT2D eigenvalue weighted by Gasteiger charge is -2.08. The van der Waals surface area contributed by atoms with Crippen molar-refractivity contribution in [2.45, 2.75) is 26.4 Å². The number of benzene rings is 1. The van der Waals surface area contributed by atoms with Crippen molar-refractivity contribution in [2.24, 2.45) is 0 Å². The first-order valence-electron chi connectivity index (χ1n) is 6.22. The van der Waals surface area contributed by atoms with Gasteiger partial charge in [-0.1, -0.05) is 13.0 Å². The summed E-state index contributed by atoms with van der Waals surface area (Å²) in [6, 6.07) is 3.83. The quantitative estimate of drug-likeness (QED) is 0.814. The highest BCUT2D eigenvalue weighted by Crippen LogP contribution is 2.13. The van der Waals surface area contributed by atoms with E-state index in [2.05, 4.69) is 22.3 Å². The fraction of sp³-hybridized carbons (Fsp3) is 0.385. The highest BCUT2D eigenvalue weighted by molar-refractivity contribution is 5.20. The number of hydrogen-bond acceptors (Lipinski definition) is 3. The maximum Gasteiger partial charge on any atom is 0.141 e. The Labute approximate surface area is 110 Å². The van der Waals surface area contributed by atoms with Crippen LogP contribution in [0.15, 0.2) is 24.5 Å². The molecule has 0 aliphatic rings. The molecule has 2 aromatic rings. The second-order valence-corrected chi connectivity index (χ2v) is 4.21. The molecule has 0 bridgehead atoms. The average molecular weight is 266 g/mol. The first-order chi connectivity index (χ1) is 9.22. The van der Waals surface area contributed by atoms with E-state index in [9.17, 15) is 8.78 Å². The van der Waals surface area contributed by atoms with E-state index in [0.717, 1.165) is 13.0 Å². The van der Waals surface area contributed by atoms with Gasteiger partial charge in [0.15, 0.2) is 0 Å². The predicted molar refractivity (Wildman–Crippen MR) is 67.5 cm³/mol. The topological polar surface area (TPSA) is 42.7 Å². The van der Waals surface area contributed by atoms with Gasteiger partial charge in [0.05, 0.1) is 13.1 Å². The molecular formula is C13H16F2N4. The molecule has 102 valence electrons. The van der Waals surface area contributed by atoms with Crippen molar-refractivity contribution in [1.29, 1.82) is 0 Å². The SMILES string of the molecule is CCCNCc1ncnn1Cc1c(F)cccc1F. The highest BCUT2D eigenvalue weighted by atomic mass is 19.1. The van der Waals surface area contributed by atoms with E-state index in [4.69, 9.17) is 0 Å². The first-order valence-corrected chi connectivity index (χ1v) is 6.22. The van der Waals surface area contributed by atoms with E-state index < -0.39 is 11.6 Å². The van der Waals surface area contributed by atoms with Crippen LogP contribution in [0.25, 0.3) is 0 Å². The van der Waals surface area contributed by atoms with Gasteiger partial charge in [-0.05, 0) is 25.1 Å². The summed E-state index contributed by atoms with van der Waals surface area (Å²) in [6.07, 6.45) is 2.40. The molecule has 1 N–H and O–H groups in total. The van der Waals surface area contributed by atoms with Crippen LogP contribution in [-0.2, 0) is 13.1 Å². The van der Waals surface area contributed by atoms with Crippen LogP contribution in [-0.4, -0.2) is 21.3 Å². The molecule has 4 nitrogen and oxygen atoms in total. The summed E-state index contributed by atoms with van der Waals surface area (Å²) in [6.45, 7) is 3.50. The predicted octanol–water partition coefficient (Wildman–Crippen LogP) is 2.10. The zero-order valence-corrected chi connectivity index (χ0v) is 10.7. The monoisotopic (exact) mass is 266 g/mol. The van der Waals surface area contributed by atoms with Gasteiger partial charge < -0.3 is 5.32 Å². The number of nitrogens with one attached hydrogen (secondary N) is 1. The van der Waals surface area contributed by atoms with Crippen LogP contribution < -0.4 is 5.32 Å². The standard InChI is InChI=1S/C13H16F2N4/c1-2-6-16-7-13-17-9-18-19(13)8-10-11(14)4-3-5-12(10)15/h3-5,9,16H,2,6-8H2,1H3. The Kier molecular flexibility index (Phi) is 4.57. The van der Waals surface area contributed by atoms with Crippen LogP contribution in [0.3, 0.4) is 0 Å². The first kappa shape index (κ1) is 13.6. The molecule has 19 heavy (non-hydrogen) atoms. The van der Waals surface area contributed by atoms with Gasteiger partial charge >= 0.3 is 0 Å². The third-order valence-corrected chi connectivity index (χ3v) is 2.78. The molecule has 0 atom stereocenters. The zero-order chi connectivity index (χ0) is 13.7. The number of aromatic nitrogens is 3. The second-order valence-electron chi connectivity index (χ2n) is 4.21. The Hall–Kier alpha value is -1.82. The van der Waals surface area contributed by atoms with Crippen molar-refractivity contribution >= 4 is 0 Å². The number of halogens is 2. The number of rotatable bonds is 6. The van der Waals surface area contributed by atoms with Crippen molar-refractivity contribution in [3.05, 3.63) is 47.5 Å². The molecule has 0 aliphatic heterocycles. The third-order valence-electron chi connectivity index (χ3n) is 2.78. The Bertz CT molecular complexity index is 519. The van der Waals surface area contributed by atoms with Crippen molar-refractivity contribution < 1.29 is 8.78 Å². The van der Waals surface area contributed by atoms with Crippen LogP contribution in [0.2, 0.25) is 0 Å². The summed E-state index contributed by atoms with van der Waals surface area (Å²) in [7, 11) is 0. The molecule has 2 rings (SSSR count). The summed E-state index contributed by atoms with van der Waals surface area (Å²) in [5.41, 5.74) is 0.00439. The van der Waals surface area contributed by atoms with Gasteiger partial charge in [-0.3, -0.25) is 0 Å². The molecule has 6 heteroatoms. The molecule has 0 unspecified atom stereocenters. The normalized spacial score (nSPS) is 10.9. The maximum absolute atomic E-state index is 13.6. The highest BCUT2D eigenvalue weighted by Gasteiger charge is 2.12. The Balaban J connectivity index is 2.13. The van der Waals surface area contributed by atoms with Crippen molar-refractivity contribution in [1.82, 2.24) is 20.1 Å². The van der Waals surface area contributed by atoms with Crippen LogP contribution in [0.1, 0.15) is 24.7 Å². The molecule has 0 aliphatic carbocycles. The van der Waals surface area contributed by atoms with Crippen LogP contribution >= 0.6 is 0 Å². The van der Waals surface area contributed by atoms with Gasteiger partial charge in [0.2, 0.25) is 0 Å². The molecule has 1 heterocycles. The smallest absolute Gasteiger partial charge is 0.141 e. The van der Waals surface area contributed by atoms with Gasteiger partial charge in [0.25, 0.3) is 0 Å². The van der Waals surface area contributed by atoms with Gasteiger partial charge in [-0.15, -0.1) is 0 Å². The lowest BCUT2D eigenvalue weighted by atomic mass is 10.2. The largest absolute Gasteiger partial charge is 0.310 e. The van der Waals surface area contributed by atoms with E-state index in [-0.39, 0.29) is 12.1 Å². The number of hydrogen-bond donors (Lipinski definition) is 1. The van der Waals surface area contributed by atoms with E-state index in [0.29, 0.717) is 12.4 Å². The lowest BCUT2D eigenvalue weighted by molar-refractivity contribution is 0.517. The van der Waals surface area contributed by atoms with E-state index >= 15 is 0 Å². The molecule has 0 radical (unpaired) electrons. The van der Waals surface area contributed by atoms with E-state index in [1.54, 1.807) is 0 Å². The lowest BCUT2D eigenvalue weighted by Crippen LogP contribution is -2.19. The second kappa shape index (κ2) is 6.38. The van der Waals surface area contributed by atoms with E-state index in [1.807, 2.05) is 0 Å². The zero-order valence-electron chi connectivity index (χ0n) is 10.7. The molecule has 0 spiro atoms. The average Bonchev–Trinajstić information content (AvgIpc) is 2.82. The van der Waals surface area contributed by atoms with Crippen LogP contribution in [0.4, 0.5) is 8.78 Å². The summed E-state index contributed by atoms with van der Waals surface area (Å²) in [4.78, 5) is 4.09. The number of nitrogens with zero attached hydrogens (tertiary/aromatic N) is 3. The molecule has 1 aromatic carbocycles. The maximum atomic E-state index is 13.6. The molecule has 1 aromatic heterocycles. The van der Waals surface area contributed by atoms with Gasteiger partial charge in [0.1, 0.15) is 23.8 Å². The fourth-order valence-electron chi connectivity index (χ4n) is 1.77. The summed E-state index contributed by atoms with van der Waals surface area (Å²) < 4.78 is 28.6. The minimum Gasteiger partial charge on any atom is -0.310 e.